The van der Waals surface area contributed by atoms with E-state index in [1.54, 1.807) is 12.1 Å². The molecule has 1 rings (SSSR count). The molecule has 0 heterocycles. The Morgan fingerprint density at radius 3 is 2.11 bits per heavy atom. The molecule has 0 bridgehead atoms. The van der Waals surface area contributed by atoms with E-state index in [0.717, 1.165) is 11.1 Å². The smallest absolute Gasteiger partial charge is 0.338 e. The molecule has 0 aliphatic carbocycles. The van der Waals surface area contributed by atoms with E-state index in [0.29, 0.717) is 5.56 Å². The number of esters is 1. The van der Waals surface area contributed by atoms with Crippen LogP contribution in [0.2, 0.25) is 0 Å². The Morgan fingerprint density at radius 1 is 1.11 bits per heavy atom. The number of rotatable bonds is 3. The molecule has 4 nitrogen and oxygen atoms in total. The van der Waals surface area contributed by atoms with Crippen LogP contribution in [0.1, 0.15) is 42.3 Å². The Balaban J connectivity index is 2.58. The van der Waals surface area contributed by atoms with E-state index in [4.69, 9.17) is 4.74 Å². The summed E-state index contributed by atoms with van der Waals surface area (Å²) in [6.07, 6.45) is 0. The first-order valence-electron chi connectivity index (χ1n) is 6.24. The zero-order chi connectivity index (χ0) is 14.6. The molecule has 0 saturated carbocycles. The Morgan fingerprint density at radius 2 is 1.63 bits per heavy atom. The first-order chi connectivity index (χ1) is 8.67. The van der Waals surface area contributed by atoms with E-state index in [-0.39, 0.29) is 18.1 Å². The molecule has 104 valence electrons. The maximum Gasteiger partial charge on any atom is 0.338 e. The van der Waals surface area contributed by atoms with Gasteiger partial charge in [0.15, 0.2) is 6.61 Å². The second kappa shape index (κ2) is 5.87. The van der Waals surface area contributed by atoms with Gasteiger partial charge in [-0.25, -0.2) is 4.79 Å². The number of benzene rings is 1. The van der Waals surface area contributed by atoms with E-state index in [2.05, 4.69) is 5.32 Å². The topological polar surface area (TPSA) is 55.4 Å². The minimum absolute atomic E-state index is 0.261. The van der Waals surface area contributed by atoms with Gasteiger partial charge in [0.05, 0.1) is 5.56 Å². The Bertz CT molecular complexity index is 466. The molecule has 19 heavy (non-hydrogen) atoms. The molecule has 0 atom stereocenters. The summed E-state index contributed by atoms with van der Waals surface area (Å²) in [5.74, 6) is -0.777. The predicted octanol–water partition coefficient (Wildman–Crippen LogP) is 2.37. The molecule has 1 aromatic carbocycles. The predicted molar refractivity (Wildman–Crippen MR) is 74.1 cm³/mol. The van der Waals surface area contributed by atoms with Crippen LogP contribution in [-0.2, 0) is 9.53 Å². The van der Waals surface area contributed by atoms with Crippen molar-refractivity contribution in [3.63, 3.8) is 0 Å². The van der Waals surface area contributed by atoms with Gasteiger partial charge in [-0.2, -0.15) is 0 Å². The number of hydrogen-bond acceptors (Lipinski definition) is 3. The third kappa shape index (κ3) is 5.55. The van der Waals surface area contributed by atoms with Crippen LogP contribution < -0.4 is 5.32 Å². The zero-order valence-electron chi connectivity index (χ0n) is 12.2. The van der Waals surface area contributed by atoms with E-state index in [1.807, 2.05) is 40.7 Å². The number of carbonyl (C=O) groups is 2. The highest BCUT2D eigenvalue weighted by Gasteiger charge is 2.16. The number of nitrogens with one attached hydrogen (secondary N) is 1. The summed E-state index contributed by atoms with van der Waals surface area (Å²) in [6.45, 7) is 9.18. The third-order valence-electron chi connectivity index (χ3n) is 2.31. The lowest BCUT2D eigenvalue weighted by atomic mass is 10.1. The van der Waals surface area contributed by atoms with Crippen molar-refractivity contribution in [2.45, 2.75) is 40.2 Å². The van der Waals surface area contributed by atoms with Gasteiger partial charge in [0.1, 0.15) is 0 Å². The second-order valence-electron chi connectivity index (χ2n) is 5.75. The molecule has 0 fully saturated rings. The van der Waals surface area contributed by atoms with Gasteiger partial charge < -0.3 is 10.1 Å². The van der Waals surface area contributed by atoms with Crippen molar-refractivity contribution in [1.82, 2.24) is 5.32 Å². The maximum absolute atomic E-state index is 11.8. The van der Waals surface area contributed by atoms with Crippen LogP contribution in [0, 0.1) is 13.8 Å². The van der Waals surface area contributed by atoms with Crippen LogP contribution in [0.5, 0.6) is 0 Å². The van der Waals surface area contributed by atoms with Crippen LogP contribution in [-0.4, -0.2) is 24.0 Å². The van der Waals surface area contributed by atoms with Gasteiger partial charge in [0.25, 0.3) is 5.91 Å². The van der Waals surface area contributed by atoms with Crippen molar-refractivity contribution >= 4 is 11.9 Å². The molecular formula is C15H21NO3. The van der Waals surface area contributed by atoms with Gasteiger partial charge in [-0.15, -0.1) is 0 Å². The first-order valence-corrected chi connectivity index (χ1v) is 6.24. The number of ether oxygens (including phenoxy) is 1. The van der Waals surface area contributed by atoms with Crippen molar-refractivity contribution in [3.05, 3.63) is 34.9 Å². The normalized spacial score (nSPS) is 11.0. The minimum Gasteiger partial charge on any atom is -0.452 e. The number of carbonyl (C=O) groups excluding carboxylic acids is 2. The van der Waals surface area contributed by atoms with Crippen LogP contribution in [0.4, 0.5) is 0 Å². The van der Waals surface area contributed by atoms with Crippen LogP contribution >= 0.6 is 0 Å². The minimum atomic E-state index is -0.476. The first kappa shape index (κ1) is 15.2. The molecule has 0 radical (unpaired) electrons. The quantitative estimate of drug-likeness (QED) is 0.852. The van der Waals surface area contributed by atoms with Crippen molar-refractivity contribution in [2.24, 2.45) is 0 Å². The summed E-state index contributed by atoms with van der Waals surface area (Å²) in [7, 11) is 0. The van der Waals surface area contributed by atoms with E-state index >= 15 is 0 Å². The Kier molecular flexibility index (Phi) is 4.70. The highest BCUT2D eigenvalue weighted by atomic mass is 16.5. The summed E-state index contributed by atoms with van der Waals surface area (Å²) in [5.41, 5.74) is 2.13. The van der Waals surface area contributed by atoms with Crippen LogP contribution in [0.15, 0.2) is 18.2 Å². The Labute approximate surface area is 114 Å². The van der Waals surface area contributed by atoms with Crippen LogP contribution in [0.3, 0.4) is 0 Å². The number of amides is 1. The monoisotopic (exact) mass is 263 g/mol. The van der Waals surface area contributed by atoms with Crippen molar-refractivity contribution in [2.75, 3.05) is 6.61 Å². The van der Waals surface area contributed by atoms with Crippen molar-refractivity contribution < 1.29 is 14.3 Å². The fourth-order valence-electron chi connectivity index (χ4n) is 1.76. The molecule has 0 aromatic heterocycles. The van der Waals surface area contributed by atoms with Crippen LogP contribution in [0.25, 0.3) is 0 Å². The maximum atomic E-state index is 11.8. The molecule has 1 N–H and O–H groups in total. The van der Waals surface area contributed by atoms with Crippen molar-refractivity contribution in [1.29, 1.82) is 0 Å². The highest BCUT2D eigenvalue weighted by molar-refractivity contribution is 5.91. The van der Waals surface area contributed by atoms with E-state index < -0.39 is 5.97 Å². The molecule has 0 unspecified atom stereocenters. The summed E-state index contributed by atoms with van der Waals surface area (Å²) >= 11 is 0. The van der Waals surface area contributed by atoms with E-state index in [9.17, 15) is 9.59 Å². The van der Waals surface area contributed by atoms with Gasteiger partial charge in [-0.05, 0) is 46.8 Å². The average Bonchev–Trinajstić information content (AvgIpc) is 2.22. The van der Waals surface area contributed by atoms with Gasteiger partial charge in [-0.1, -0.05) is 17.2 Å². The van der Waals surface area contributed by atoms with Gasteiger partial charge in [0.2, 0.25) is 0 Å². The summed E-state index contributed by atoms with van der Waals surface area (Å²) in [5, 5.41) is 2.73. The largest absolute Gasteiger partial charge is 0.452 e. The molecular weight excluding hydrogens is 242 g/mol. The average molecular weight is 263 g/mol. The molecule has 0 spiro atoms. The lowest BCUT2D eigenvalue weighted by Crippen LogP contribution is -2.42. The summed E-state index contributed by atoms with van der Waals surface area (Å²) in [6, 6.07) is 5.47. The van der Waals surface area contributed by atoms with Crippen molar-refractivity contribution in [3.8, 4) is 0 Å². The Hall–Kier alpha value is -1.84. The fraction of sp³-hybridized carbons (Fsp3) is 0.467. The molecule has 0 aliphatic rings. The lowest BCUT2D eigenvalue weighted by molar-refractivity contribution is -0.125. The molecule has 1 aromatic rings. The second-order valence-corrected chi connectivity index (χ2v) is 5.75. The molecule has 4 heteroatoms. The van der Waals surface area contributed by atoms with Gasteiger partial charge >= 0.3 is 5.97 Å². The van der Waals surface area contributed by atoms with Gasteiger partial charge in [-0.3, -0.25) is 4.79 Å². The lowest BCUT2D eigenvalue weighted by Gasteiger charge is -2.20. The standard InChI is InChI=1S/C15H21NO3/c1-10-6-11(2)8-12(7-10)14(18)19-9-13(17)16-15(3,4)5/h6-8H,9H2,1-5H3,(H,16,17). The number of aryl methyl sites for hydroxylation is 2. The molecule has 0 aliphatic heterocycles. The third-order valence-corrected chi connectivity index (χ3v) is 2.31. The SMILES string of the molecule is Cc1cc(C)cc(C(=O)OCC(=O)NC(C)(C)C)c1. The highest BCUT2D eigenvalue weighted by Crippen LogP contribution is 2.10. The zero-order valence-corrected chi connectivity index (χ0v) is 12.2. The fourth-order valence-corrected chi connectivity index (χ4v) is 1.76. The summed E-state index contributed by atoms with van der Waals surface area (Å²) < 4.78 is 4.99. The molecule has 1 amide bonds. The number of hydrogen-bond donors (Lipinski definition) is 1. The summed E-state index contributed by atoms with van der Waals surface area (Å²) in [4.78, 5) is 23.4. The van der Waals surface area contributed by atoms with Gasteiger partial charge in [0, 0.05) is 5.54 Å². The van der Waals surface area contributed by atoms with E-state index in [1.165, 1.54) is 0 Å². The molecule has 0 saturated heterocycles.